The molecule has 1 aliphatic heterocycles. The van der Waals surface area contributed by atoms with E-state index in [0.29, 0.717) is 12.2 Å². The average Bonchev–Trinajstić information content (AvgIpc) is 2.33. The summed E-state index contributed by atoms with van der Waals surface area (Å²) in [5.74, 6) is -0.0340. The Kier molecular flexibility index (Phi) is 3.90. The van der Waals surface area contributed by atoms with Gasteiger partial charge >= 0.3 is 0 Å². The number of hydrogen-bond donors (Lipinski definition) is 1. The third-order valence-electron chi connectivity index (χ3n) is 3.46. The van der Waals surface area contributed by atoms with Crippen LogP contribution < -0.4 is 11.3 Å². The Hall–Kier alpha value is -1.82. The molecule has 1 aliphatic rings. The van der Waals surface area contributed by atoms with Crippen LogP contribution in [-0.2, 0) is 11.3 Å². The zero-order chi connectivity index (χ0) is 14.0. The molecule has 2 rings (SSSR count). The molecular weight excluding hydrogens is 244 g/mol. The molecule has 6 nitrogen and oxygen atoms in total. The Morgan fingerprint density at radius 2 is 2.16 bits per heavy atom. The maximum atomic E-state index is 12.3. The van der Waals surface area contributed by atoms with Crippen molar-refractivity contribution in [3.63, 3.8) is 0 Å². The number of carbonyl (C=O) groups excluding carboxylic acids is 1. The maximum Gasteiger partial charge on any atom is 0.251 e. The quantitative estimate of drug-likeness (QED) is 0.788. The molecule has 2 N–H and O–H groups in total. The molecule has 1 amide bonds. The van der Waals surface area contributed by atoms with E-state index in [9.17, 15) is 9.59 Å². The fourth-order valence-corrected chi connectivity index (χ4v) is 2.42. The highest BCUT2D eigenvalue weighted by molar-refractivity contribution is 5.76. The Morgan fingerprint density at radius 3 is 2.84 bits per heavy atom. The van der Waals surface area contributed by atoms with E-state index in [1.54, 1.807) is 6.07 Å². The molecule has 0 bridgehead atoms. The minimum absolute atomic E-state index is 0.0340. The van der Waals surface area contributed by atoms with Crippen LogP contribution in [-0.4, -0.2) is 53.0 Å². The molecule has 1 atom stereocenters. The van der Waals surface area contributed by atoms with E-state index in [-0.39, 0.29) is 24.1 Å². The summed E-state index contributed by atoms with van der Waals surface area (Å²) < 4.78 is 1.36. The van der Waals surface area contributed by atoms with Gasteiger partial charge in [-0.2, -0.15) is 0 Å². The second kappa shape index (κ2) is 5.44. The number of carbonyl (C=O) groups is 1. The zero-order valence-electron chi connectivity index (χ0n) is 11.4. The fraction of sp³-hybridized carbons (Fsp3) is 0.538. The summed E-state index contributed by atoms with van der Waals surface area (Å²) in [4.78, 5) is 27.9. The SMILES string of the molecule is CC1CN(C)CCN1C(=O)Cn1cc(N)ccc1=O. The third-order valence-corrected chi connectivity index (χ3v) is 3.46. The van der Waals surface area contributed by atoms with Crippen LogP contribution in [0.25, 0.3) is 0 Å². The van der Waals surface area contributed by atoms with E-state index in [4.69, 9.17) is 5.73 Å². The number of anilines is 1. The summed E-state index contributed by atoms with van der Waals surface area (Å²) in [6.07, 6.45) is 1.51. The Bertz CT molecular complexity index is 526. The van der Waals surface area contributed by atoms with E-state index >= 15 is 0 Å². The molecule has 1 fully saturated rings. The molecule has 6 heteroatoms. The number of nitrogens with two attached hydrogens (primary N) is 1. The molecule has 104 valence electrons. The Balaban J connectivity index is 2.09. The summed E-state index contributed by atoms with van der Waals surface area (Å²) in [7, 11) is 2.04. The van der Waals surface area contributed by atoms with Crippen molar-refractivity contribution in [2.75, 3.05) is 32.4 Å². The molecule has 0 saturated carbocycles. The van der Waals surface area contributed by atoms with Crippen molar-refractivity contribution in [1.82, 2.24) is 14.4 Å². The highest BCUT2D eigenvalue weighted by atomic mass is 16.2. The lowest BCUT2D eigenvalue weighted by Gasteiger charge is -2.38. The van der Waals surface area contributed by atoms with E-state index in [1.165, 1.54) is 16.8 Å². The third kappa shape index (κ3) is 3.14. The molecule has 0 aliphatic carbocycles. The van der Waals surface area contributed by atoms with Crippen LogP contribution in [0.2, 0.25) is 0 Å². The molecule has 2 heterocycles. The molecule has 0 aromatic carbocycles. The second-order valence-electron chi connectivity index (χ2n) is 5.13. The smallest absolute Gasteiger partial charge is 0.251 e. The number of nitrogens with zero attached hydrogens (tertiary/aromatic N) is 3. The number of aromatic nitrogens is 1. The summed E-state index contributed by atoms with van der Waals surface area (Å²) in [6, 6.07) is 3.10. The van der Waals surface area contributed by atoms with E-state index in [2.05, 4.69) is 4.90 Å². The van der Waals surface area contributed by atoms with E-state index in [0.717, 1.165) is 13.1 Å². The van der Waals surface area contributed by atoms with Crippen LogP contribution in [0.4, 0.5) is 5.69 Å². The van der Waals surface area contributed by atoms with E-state index < -0.39 is 0 Å². The van der Waals surface area contributed by atoms with Crippen LogP contribution in [0.3, 0.4) is 0 Å². The van der Waals surface area contributed by atoms with E-state index in [1.807, 2.05) is 18.9 Å². The van der Waals surface area contributed by atoms with Gasteiger partial charge in [0.25, 0.3) is 5.56 Å². The van der Waals surface area contributed by atoms with Gasteiger partial charge in [-0.25, -0.2) is 0 Å². The van der Waals surface area contributed by atoms with Crippen LogP contribution in [0.5, 0.6) is 0 Å². The van der Waals surface area contributed by atoms with Crippen LogP contribution >= 0.6 is 0 Å². The predicted molar refractivity (Wildman–Crippen MR) is 73.8 cm³/mol. The lowest BCUT2D eigenvalue weighted by atomic mass is 10.2. The normalized spacial score (nSPS) is 20.5. The summed E-state index contributed by atoms with van der Waals surface area (Å²) in [5.41, 5.74) is 5.92. The first-order valence-electron chi connectivity index (χ1n) is 6.41. The van der Waals surface area contributed by atoms with Gasteiger partial charge in [0.15, 0.2) is 0 Å². The van der Waals surface area contributed by atoms with Crippen molar-refractivity contribution in [3.8, 4) is 0 Å². The van der Waals surface area contributed by atoms with Gasteiger partial charge < -0.3 is 20.1 Å². The van der Waals surface area contributed by atoms with Crippen molar-refractivity contribution in [2.24, 2.45) is 0 Å². The second-order valence-corrected chi connectivity index (χ2v) is 5.13. The van der Waals surface area contributed by atoms with Gasteiger partial charge in [0.05, 0.1) is 0 Å². The number of amides is 1. The van der Waals surface area contributed by atoms with Gasteiger partial charge in [-0.05, 0) is 20.0 Å². The predicted octanol–water partition coefficient (Wildman–Crippen LogP) is -0.407. The highest BCUT2D eigenvalue weighted by Crippen LogP contribution is 2.09. The minimum atomic E-state index is -0.204. The van der Waals surface area contributed by atoms with Crippen molar-refractivity contribution >= 4 is 11.6 Å². The van der Waals surface area contributed by atoms with Gasteiger partial charge in [-0.15, -0.1) is 0 Å². The molecule has 0 spiro atoms. The molecule has 1 saturated heterocycles. The summed E-state index contributed by atoms with van der Waals surface area (Å²) >= 11 is 0. The Morgan fingerprint density at radius 1 is 1.42 bits per heavy atom. The lowest BCUT2D eigenvalue weighted by molar-refractivity contribution is -0.136. The average molecular weight is 264 g/mol. The number of rotatable bonds is 2. The first kappa shape index (κ1) is 13.6. The maximum absolute atomic E-state index is 12.3. The van der Waals surface area contributed by atoms with Crippen molar-refractivity contribution in [3.05, 3.63) is 28.7 Å². The van der Waals surface area contributed by atoms with Gasteiger partial charge in [0.2, 0.25) is 5.91 Å². The largest absolute Gasteiger partial charge is 0.398 e. The van der Waals surface area contributed by atoms with Crippen molar-refractivity contribution in [2.45, 2.75) is 19.5 Å². The number of hydrogen-bond acceptors (Lipinski definition) is 4. The number of nitrogen functional groups attached to an aromatic ring is 1. The van der Waals surface area contributed by atoms with Gasteiger partial charge in [0, 0.05) is 43.6 Å². The van der Waals surface area contributed by atoms with Crippen LogP contribution in [0, 0.1) is 0 Å². The van der Waals surface area contributed by atoms with Crippen molar-refractivity contribution < 1.29 is 4.79 Å². The molecule has 1 aromatic heterocycles. The fourth-order valence-electron chi connectivity index (χ4n) is 2.42. The highest BCUT2D eigenvalue weighted by Gasteiger charge is 2.25. The summed E-state index contributed by atoms with van der Waals surface area (Å²) in [6.45, 7) is 4.50. The monoisotopic (exact) mass is 264 g/mol. The molecule has 0 radical (unpaired) electrons. The summed E-state index contributed by atoms with van der Waals surface area (Å²) in [5, 5.41) is 0. The first-order valence-corrected chi connectivity index (χ1v) is 6.41. The first-order chi connectivity index (χ1) is 8.97. The van der Waals surface area contributed by atoms with Gasteiger partial charge in [-0.1, -0.05) is 0 Å². The zero-order valence-corrected chi connectivity index (χ0v) is 11.4. The standard InChI is InChI=1S/C13H20N4O2/c1-10-7-15(2)5-6-17(10)13(19)9-16-8-11(14)3-4-12(16)18/h3-4,8,10H,5-7,9,14H2,1-2H3. The number of likely N-dealkylation sites (N-methyl/N-ethyl adjacent to an activating group) is 1. The lowest BCUT2D eigenvalue weighted by Crippen LogP contribution is -2.53. The Labute approximate surface area is 112 Å². The van der Waals surface area contributed by atoms with Crippen LogP contribution in [0.15, 0.2) is 23.1 Å². The molecule has 19 heavy (non-hydrogen) atoms. The topological polar surface area (TPSA) is 71.6 Å². The molecule has 1 unspecified atom stereocenters. The van der Waals surface area contributed by atoms with Crippen LogP contribution in [0.1, 0.15) is 6.92 Å². The van der Waals surface area contributed by atoms with Crippen molar-refractivity contribution in [1.29, 1.82) is 0 Å². The van der Waals surface area contributed by atoms with Gasteiger partial charge in [0.1, 0.15) is 6.54 Å². The molecule has 1 aromatic rings. The number of pyridine rings is 1. The minimum Gasteiger partial charge on any atom is -0.398 e. The molecular formula is C13H20N4O2. The van der Waals surface area contributed by atoms with Gasteiger partial charge in [-0.3, -0.25) is 9.59 Å². The number of piperazine rings is 1.